The van der Waals surface area contributed by atoms with Gasteiger partial charge >= 0.3 is 0 Å². The molecular weight excluding hydrogens is 330 g/mol. The molecule has 0 unspecified atom stereocenters. The first-order valence-corrected chi connectivity index (χ1v) is 11.0. The Labute approximate surface area is 168 Å². The highest BCUT2D eigenvalue weighted by molar-refractivity contribution is 5.41. The van der Waals surface area contributed by atoms with Gasteiger partial charge in [-0.15, -0.1) is 0 Å². The van der Waals surface area contributed by atoms with Gasteiger partial charge in [0.1, 0.15) is 0 Å². The van der Waals surface area contributed by atoms with Crippen LogP contribution in [0.15, 0.2) is 12.1 Å². The molecule has 0 atom stereocenters. The maximum atomic E-state index is 2.76. The Bertz CT molecular complexity index is 569. The van der Waals surface area contributed by atoms with Gasteiger partial charge in [-0.1, -0.05) is 31.5 Å². The van der Waals surface area contributed by atoms with Crippen molar-refractivity contribution in [3.05, 3.63) is 34.4 Å². The van der Waals surface area contributed by atoms with Crippen LogP contribution in [0.2, 0.25) is 0 Å². The molecule has 0 aromatic heterocycles. The number of hydrogen-bond donors (Lipinski definition) is 0. The minimum atomic E-state index is 0.112. The third kappa shape index (κ3) is 5.13. The summed E-state index contributed by atoms with van der Waals surface area (Å²) < 4.78 is 0. The second kappa shape index (κ2) is 9.54. The summed E-state index contributed by atoms with van der Waals surface area (Å²) in [5.41, 5.74) is 5.91. The maximum absolute atomic E-state index is 2.76. The standard InChI is InChI=1S/C22H37N3.C2H6/c1-17-15-18(2)21(19(3)16-17)22(4,5)25-13-11-24(12-14-25)20-7-9-23(6)10-8-20;1-2/h15-16,20H,7-14H2,1-6H3;1-2H3. The number of likely N-dealkylation sites (tertiary alicyclic amines) is 1. The molecule has 3 nitrogen and oxygen atoms in total. The van der Waals surface area contributed by atoms with E-state index >= 15 is 0 Å². The van der Waals surface area contributed by atoms with Crippen molar-refractivity contribution in [3.8, 4) is 0 Å². The molecule has 154 valence electrons. The Kier molecular flexibility index (Phi) is 7.91. The SMILES string of the molecule is CC.Cc1cc(C)c(C(C)(C)N2CCN(C3CCN(C)CC3)CC2)c(C)c1. The number of piperidine rings is 1. The number of benzene rings is 1. The van der Waals surface area contributed by atoms with Crippen molar-refractivity contribution in [1.82, 2.24) is 14.7 Å². The van der Waals surface area contributed by atoms with E-state index in [1.54, 1.807) is 0 Å². The molecule has 1 aromatic carbocycles. The van der Waals surface area contributed by atoms with Gasteiger partial charge in [0.25, 0.3) is 0 Å². The lowest BCUT2D eigenvalue weighted by atomic mass is 9.84. The molecule has 2 fully saturated rings. The predicted molar refractivity (Wildman–Crippen MR) is 119 cm³/mol. The van der Waals surface area contributed by atoms with Crippen molar-refractivity contribution in [2.45, 2.75) is 72.9 Å². The molecule has 0 bridgehead atoms. The molecule has 2 aliphatic heterocycles. The summed E-state index contributed by atoms with van der Waals surface area (Å²) in [6.45, 7) is 23.0. The molecular formula is C24H43N3. The minimum absolute atomic E-state index is 0.112. The van der Waals surface area contributed by atoms with Crippen LogP contribution in [0.1, 0.15) is 62.8 Å². The first-order chi connectivity index (χ1) is 12.8. The second-order valence-corrected chi connectivity index (χ2v) is 8.89. The molecule has 2 saturated heterocycles. The quantitative estimate of drug-likeness (QED) is 0.767. The average Bonchev–Trinajstić information content (AvgIpc) is 2.63. The molecule has 0 aliphatic carbocycles. The van der Waals surface area contributed by atoms with Crippen molar-refractivity contribution < 1.29 is 0 Å². The number of nitrogens with zero attached hydrogens (tertiary/aromatic N) is 3. The van der Waals surface area contributed by atoms with Crippen LogP contribution >= 0.6 is 0 Å². The molecule has 2 aliphatic rings. The summed E-state index contributed by atoms with van der Waals surface area (Å²) >= 11 is 0. The molecule has 2 heterocycles. The van der Waals surface area contributed by atoms with Crippen LogP contribution in [0.5, 0.6) is 0 Å². The lowest BCUT2D eigenvalue weighted by Crippen LogP contribution is -2.57. The van der Waals surface area contributed by atoms with E-state index in [1.807, 2.05) is 13.8 Å². The van der Waals surface area contributed by atoms with Crippen LogP contribution in [0, 0.1) is 20.8 Å². The molecule has 3 heteroatoms. The largest absolute Gasteiger partial charge is 0.306 e. The molecule has 3 rings (SSSR count). The van der Waals surface area contributed by atoms with Gasteiger partial charge in [-0.3, -0.25) is 9.80 Å². The van der Waals surface area contributed by atoms with E-state index in [4.69, 9.17) is 0 Å². The summed E-state index contributed by atoms with van der Waals surface area (Å²) in [5, 5.41) is 0. The fourth-order valence-corrected chi connectivity index (χ4v) is 5.31. The van der Waals surface area contributed by atoms with Crippen LogP contribution in [0.3, 0.4) is 0 Å². The molecule has 27 heavy (non-hydrogen) atoms. The third-order valence-electron chi connectivity index (χ3n) is 6.60. The van der Waals surface area contributed by atoms with E-state index in [2.05, 4.69) is 68.5 Å². The van der Waals surface area contributed by atoms with Crippen LogP contribution in [0.4, 0.5) is 0 Å². The average molecular weight is 374 g/mol. The van der Waals surface area contributed by atoms with Gasteiger partial charge in [-0.05, 0) is 84.3 Å². The first-order valence-electron chi connectivity index (χ1n) is 11.0. The summed E-state index contributed by atoms with van der Waals surface area (Å²) in [4.78, 5) is 7.94. The van der Waals surface area contributed by atoms with Crippen molar-refractivity contribution in [2.75, 3.05) is 46.3 Å². The zero-order valence-corrected chi connectivity index (χ0v) is 19.2. The molecule has 1 aromatic rings. The minimum Gasteiger partial charge on any atom is -0.306 e. The van der Waals surface area contributed by atoms with Gasteiger partial charge in [0.05, 0.1) is 0 Å². The van der Waals surface area contributed by atoms with Gasteiger partial charge in [-0.2, -0.15) is 0 Å². The molecule has 0 amide bonds. The molecule has 0 saturated carbocycles. The Balaban J connectivity index is 0.00000126. The smallest absolute Gasteiger partial charge is 0.0410 e. The zero-order valence-electron chi connectivity index (χ0n) is 19.2. The predicted octanol–water partition coefficient (Wildman–Crippen LogP) is 4.58. The maximum Gasteiger partial charge on any atom is 0.0410 e. The summed E-state index contributed by atoms with van der Waals surface area (Å²) in [7, 11) is 2.25. The number of piperazine rings is 1. The number of rotatable bonds is 3. The molecule has 0 spiro atoms. The zero-order chi connectivity index (χ0) is 20.2. The van der Waals surface area contributed by atoms with Crippen molar-refractivity contribution in [3.63, 3.8) is 0 Å². The van der Waals surface area contributed by atoms with Crippen LogP contribution in [-0.4, -0.2) is 67.1 Å². The summed E-state index contributed by atoms with van der Waals surface area (Å²) in [6, 6.07) is 5.50. The highest BCUT2D eigenvalue weighted by Crippen LogP contribution is 2.34. The normalized spacial score (nSPS) is 21.0. The Morgan fingerprint density at radius 2 is 1.30 bits per heavy atom. The fraction of sp³-hybridized carbons (Fsp3) is 0.750. The lowest BCUT2D eigenvalue weighted by molar-refractivity contribution is 0.0180. The van der Waals surface area contributed by atoms with E-state index in [0.717, 1.165) is 6.04 Å². The lowest BCUT2D eigenvalue weighted by Gasteiger charge is -2.48. The van der Waals surface area contributed by atoms with E-state index in [-0.39, 0.29) is 5.54 Å². The molecule has 0 N–H and O–H groups in total. The van der Waals surface area contributed by atoms with Gasteiger partial charge < -0.3 is 4.90 Å². The van der Waals surface area contributed by atoms with Crippen LogP contribution in [0.25, 0.3) is 0 Å². The fourth-order valence-electron chi connectivity index (χ4n) is 5.31. The van der Waals surface area contributed by atoms with Crippen molar-refractivity contribution in [2.24, 2.45) is 0 Å². The Morgan fingerprint density at radius 3 is 1.78 bits per heavy atom. The van der Waals surface area contributed by atoms with Crippen molar-refractivity contribution >= 4 is 0 Å². The Morgan fingerprint density at radius 1 is 0.815 bits per heavy atom. The summed E-state index contributed by atoms with van der Waals surface area (Å²) in [5.74, 6) is 0. The van der Waals surface area contributed by atoms with E-state index in [9.17, 15) is 0 Å². The third-order valence-corrected chi connectivity index (χ3v) is 6.60. The van der Waals surface area contributed by atoms with E-state index in [0.29, 0.717) is 0 Å². The highest BCUT2D eigenvalue weighted by Gasteiger charge is 2.35. The second-order valence-electron chi connectivity index (χ2n) is 8.89. The Hall–Kier alpha value is -0.900. The number of aryl methyl sites for hydroxylation is 3. The monoisotopic (exact) mass is 373 g/mol. The molecule has 0 radical (unpaired) electrons. The van der Waals surface area contributed by atoms with E-state index in [1.165, 1.54) is 74.4 Å². The van der Waals surface area contributed by atoms with Gasteiger partial charge in [0.2, 0.25) is 0 Å². The van der Waals surface area contributed by atoms with Gasteiger partial charge in [0.15, 0.2) is 0 Å². The highest BCUT2D eigenvalue weighted by atomic mass is 15.3. The summed E-state index contributed by atoms with van der Waals surface area (Å²) in [6.07, 6.45) is 2.69. The van der Waals surface area contributed by atoms with Gasteiger partial charge in [-0.25, -0.2) is 0 Å². The topological polar surface area (TPSA) is 9.72 Å². The van der Waals surface area contributed by atoms with Crippen LogP contribution in [-0.2, 0) is 5.54 Å². The first kappa shape index (κ1) is 22.4. The van der Waals surface area contributed by atoms with Gasteiger partial charge in [0, 0.05) is 37.8 Å². The van der Waals surface area contributed by atoms with Crippen molar-refractivity contribution in [1.29, 1.82) is 0 Å². The number of hydrogen-bond acceptors (Lipinski definition) is 3. The van der Waals surface area contributed by atoms with E-state index < -0.39 is 0 Å². The van der Waals surface area contributed by atoms with Crippen LogP contribution < -0.4 is 0 Å².